The van der Waals surface area contributed by atoms with E-state index in [1.807, 2.05) is 18.7 Å². The Kier molecular flexibility index (Phi) is 4.24. The summed E-state index contributed by atoms with van der Waals surface area (Å²) < 4.78 is 0. The predicted molar refractivity (Wildman–Crippen MR) is 59.5 cm³/mol. The zero-order chi connectivity index (χ0) is 10.6. The van der Waals surface area contributed by atoms with Crippen molar-refractivity contribution in [2.45, 2.75) is 39.5 Å². The Labute approximate surface area is 91.6 Å². The lowest BCUT2D eigenvalue weighted by atomic mass is 9.94. The van der Waals surface area contributed by atoms with Crippen molar-refractivity contribution in [3.8, 4) is 0 Å². The van der Waals surface area contributed by atoms with Gasteiger partial charge in [-0.05, 0) is 26.7 Å². The average Bonchev–Trinajstić information content (AvgIpc) is 2.44. The van der Waals surface area contributed by atoms with Gasteiger partial charge in [-0.15, -0.1) is 11.6 Å². The van der Waals surface area contributed by atoms with Gasteiger partial charge in [0.1, 0.15) is 0 Å². The number of carbonyl (C=O) groups is 1. The summed E-state index contributed by atoms with van der Waals surface area (Å²) in [6.45, 7) is 5.68. The average molecular weight is 218 g/mol. The summed E-state index contributed by atoms with van der Waals surface area (Å²) in [4.78, 5) is 14.0. The summed E-state index contributed by atoms with van der Waals surface area (Å²) in [5.74, 6) is 0.622. The van der Waals surface area contributed by atoms with Crippen molar-refractivity contribution in [1.82, 2.24) is 4.90 Å². The number of likely N-dealkylation sites (tertiary alicyclic amines) is 1. The van der Waals surface area contributed by atoms with Crippen LogP contribution in [0.25, 0.3) is 0 Å². The lowest BCUT2D eigenvalue weighted by molar-refractivity contribution is -0.139. The van der Waals surface area contributed by atoms with Crippen LogP contribution in [0.15, 0.2) is 0 Å². The van der Waals surface area contributed by atoms with Crippen molar-refractivity contribution in [2.24, 2.45) is 5.41 Å². The zero-order valence-electron chi connectivity index (χ0n) is 9.18. The van der Waals surface area contributed by atoms with E-state index in [4.69, 9.17) is 11.6 Å². The Bertz CT molecular complexity index is 195. The van der Waals surface area contributed by atoms with Crippen LogP contribution in [-0.4, -0.2) is 29.8 Å². The molecule has 82 valence electrons. The molecule has 0 atom stereocenters. The van der Waals surface area contributed by atoms with Gasteiger partial charge in [0, 0.05) is 19.0 Å². The van der Waals surface area contributed by atoms with Crippen molar-refractivity contribution >= 4 is 17.5 Å². The van der Waals surface area contributed by atoms with Gasteiger partial charge in [0.25, 0.3) is 0 Å². The fourth-order valence-electron chi connectivity index (χ4n) is 1.76. The van der Waals surface area contributed by atoms with E-state index in [9.17, 15) is 4.79 Å². The van der Waals surface area contributed by atoms with Gasteiger partial charge in [-0.1, -0.05) is 12.8 Å². The van der Waals surface area contributed by atoms with Gasteiger partial charge >= 0.3 is 0 Å². The van der Waals surface area contributed by atoms with Crippen molar-refractivity contribution in [3.05, 3.63) is 0 Å². The van der Waals surface area contributed by atoms with Crippen LogP contribution in [0.4, 0.5) is 0 Å². The maximum Gasteiger partial charge on any atom is 0.229 e. The molecule has 0 saturated carbocycles. The predicted octanol–water partition coefficient (Wildman–Crippen LogP) is 2.65. The number of halogens is 1. The van der Waals surface area contributed by atoms with E-state index in [1.165, 1.54) is 12.8 Å². The van der Waals surface area contributed by atoms with E-state index in [1.54, 1.807) is 0 Å². The zero-order valence-corrected chi connectivity index (χ0v) is 9.94. The van der Waals surface area contributed by atoms with Gasteiger partial charge in [0.05, 0.1) is 5.41 Å². The molecule has 1 fully saturated rings. The van der Waals surface area contributed by atoms with Crippen molar-refractivity contribution in [1.29, 1.82) is 0 Å². The molecule has 2 nitrogen and oxygen atoms in total. The topological polar surface area (TPSA) is 20.3 Å². The Hall–Kier alpha value is -0.240. The number of nitrogens with zero attached hydrogens (tertiary/aromatic N) is 1. The van der Waals surface area contributed by atoms with Crippen molar-refractivity contribution < 1.29 is 4.79 Å². The molecule has 0 aromatic rings. The van der Waals surface area contributed by atoms with Crippen LogP contribution < -0.4 is 0 Å². The molecular weight excluding hydrogens is 198 g/mol. The molecule has 0 radical (unpaired) electrons. The highest BCUT2D eigenvalue weighted by atomic mass is 35.5. The highest BCUT2D eigenvalue weighted by molar-refractivity contribution is 6.19. The SMILES string of the molecule is CC(C)(CCl)C(=O)N1CCCCCC1. The smallest absolute Gasteiger partial charge is 0.229 e. The second kappa shape index (κ2) is 5.01. The minimum atomic E-state index is -0.397. The van der Waals surface area contributed by atoms with Crippen LogP contribution in [0.3, 0.4) is 0 Å². The van der Waals surface area contributed by atoms with Crippen LogP contribution in [0.1, 0.15) is 39.5 Å². The first kappa shape index (κ1) is 11.8. The van der Waals surface area contributed by atoms with Crippen LogP contribution in [0.5, 0.6) is 0 Å². The van der Waals surface area contributed by atoms with E-state index >= 15 is 0 Å². The lowest BCUT2D eigenvalue weighted by Crippen LogP contribution is -2.42. The van der Waals surface area contributed by atoms with E-state index in [2.05, 4.69) is 0 Å². The fraction of sp³-hybridized carbons (Fsp3) is 0.909. The highest BCUT2D eigenvalue weighted by Crippen LogP contribution is 2.22. The number of amides is 1. The van der Waals surface area contributed by atoms with Gasteiger partial charge in [-0.25, -0.2) is 0 Å². The van der Waals surface area contributed by atoms with E-state index in [0.717, 1.165) is 25.9 Å². The molecule has 0 spiro atoms. The quantitative estimate of drug-likeness (QED) is 0.652. The molecule has 1 rings (SSSR count). The third kappa shape index (κ3) is 2.88. The monoisotopic (exact) mass is 217 g/mol. The minimum Gasteiger partial charge on any atom is -0.342 e. The Morgan fingerprint density at radius 3 is 2.14 bits per heavy atom. The van der Waals surface area contributed by atoms with Crippen molar-refractivity contribution in [2.75, 3.05) is 19.0 Å². The Balaban J connectivity index is 2.58. The maximum atomic E-state index is 12.0. The summed E-state index contributed by atoms with van der Waals surface area (Å²) >= 11 is 5.80. The van der Waals surface area contributed by atoms with E-state index in [-0.39, 0.29) is 5.91 Å². The van der Waals surface area contributed by atoms with Gasteiger partial charge in [-0.2, -0.15) is 0 Å². The number of rotatable bonds is 2. The molecule has 0 aromatic heterocycles. The second-order valence-corrected chi connectivity index (χ2v) is 4.99. The molecule has 0 unspecified atom stereocenters. The first-order chi connectivity index (χ1) is 6.58. The molecule has 1 saturated heterocycles. The molecule has 3 heteroatoms. The number of hydrogen-bond donors (Lipinski definition) is 0. The first-order valence-electron chi connectivity index (χ1n) is 5.43. The molecule has 1 heterocycles. The third-order valence-electron chi connectivity index (χ3n) is 2.81. The van der Waals surface area contributed by atoms with Crippen LogP contribution >= 0.6 is 11.6 Å². The molecule has 0 N–H and O–H groups in total. The molecule has 14 heavy (non-hydrogen) atoms. The van der Waals surface area contributed by atoms with Gasteiger partial charge in [0.2, 0.25) is 5.91 Å². The molecule has 0 aliphatic carbocycles. The molecule has 1 aliphatic rings. The van der Waals surface area contributed by atoms with E-state index in [0.29, 0.717) is 5.88 Å². The molecule has 0 aromatic carbocycles. The van der Waals surface area contributed by atoms with Crippen molar-refractivity contribution in [3.63, 3.8) is 0 Å². The summed E-state index contributed by atoms with van der Waals surface area (Å²) in [5, 5.41) is 0. The van der Waals surface area contributed by atoms with Crippen LogP contribution in [-0.2, 0) is 4.79 Å². The molecular formula is C11H20ClNO. The summed E-state index contributed by atoms with van der Waals surface area (Å²) in [6.07, 6.45) is 4.80. The Morgan fingerprint density at radius 2 is 1.71 bits per heavy atom. The third-order valence-corrected chi connectivity index (χ3v) is 3.47. The number of alkyl halides is 1. The maximum absolute atomic E-state index is 12.0. The first-order valence-corrected chi connectivity index (χ1v) is 5.97. The summed E-state index contributed by atoms with van der Waals surface area (Å²) in [7, 11) is 0. The van der Waals surface area contributed by atoms with Gasteiger partial charge in [0.15, 0.2) is 0 Å². The lowest BCUT2D eigenvalue weighted by Gasteiger charge is -2.29. The van der Waals surface area contributed by atoms with E-state index < -0.39 is 5.41 Å². The summed E-state index contributed by atoms with van der Waals surface area (Å²) in [5.41, 5.74) is -0.397. The largest absolute Gasteiger partial charge is 0.342 e. The minimum absolute atomic E-state index is 0.217. The second-order valence-electron chi connectivity index (χ2n) is 4.72. The standard InChI is InChI=1S/C11H20ClNO/c1-11(2,9-12)10(14)13-7-5-3-4-6-8-13/h3-9H2,1-2H3. The summed E-state index contributed by atoms with van der Waals surface area (Å²) in [6, 6.07) is 0. The molecule has 0 bridgehead atoms. The Morgan fingerprint density at radius 1 is 1.21 bits per heavy atom. The normalized spacial score (nSPS) is 19.2. The fourth-order valence-corrected chi connectivity index (χ4v) is 1.87. The highest BCUT2D eigenvalue weighted by Gasteiger charge is 2.31. The molecule has 1 aliphatic heterocycles. The van der Waals surface area contributed by atoms with Gasteiger partial charge in [-0.3, -0.25) is 4.79 Å². The number of carbonyl (C=O) groups excluding carboxylic acids is 1. The van der Waals surface area contributed by atoms with Crippen LogP contribution in [0, 0.1) is 5.41 Å². The van der Waals surface area contributed by atoms with Crippen LogP contribution in [0.2, 0.25) is 0 Å². The van der Waals surface area contributed by atoms with Gasteiger partial charge < -0.3 is 4.90 Å². The molecule has 1 amide bonds. The number of hydrogen-bond acceptors (Lipinski definition) is 1.